The van der Waals surface area contributed by atoms with Gasteiger partial charge in [-0.3, -0.25) is 4.79 Å². The average molecular weight is 364 g/mol. The minimum atomic E-state index is -0.203. The van der Waals surface area contributed by atoms with E-state index in [1.807, 2.05) is 60.7 Å². The van der Waals surface area contributed by atoms with Crippen LogP contribution in [-0.4, -0.2) is 14.6 Å². The molecule has 2 aromatic carbocycles. The summed E-state index contributed by atoms with van der Waals surface area (Å²) in [6, 6.07) is 19.4. The fourth-order valence-electron chi connectivity index (χ4n) is 2.98. The molecule has 0 aliphatic carbocycles. The van der Waals surface area contributed by atoms with Crippen molar-refractivity contribution in [2.24, 2.45) is 0 Å². The first-order valence-electron chi connectivity index (χ1n) is 7.68. The van der Waals surface area contributed by atoms with E-state index in [-0.39, 0.29) is 5.56 Å². The maximum absolute atomic E-state index is 12.9. The predicted octanol–water partition coefficient (Wildman–Crippen LogP) is 4.78. The Morgan fingerprint density at radius 3 is 2.44 bits per heavy atom. The molecule has 0 aliphatic heterocycles. The lowest BCUT2D eigenvalue weighted by molar-refractivity contribution is 0.894. The maximum Gasteiger partial charge on any atom is 0.283 e. The van der Waals surface area contributed by atoms with Crippen LogP contribution < -0.4 is 5.56 Å². The maximum atomic E-state index is 12.9. The van der Waals surface area contributed by atoms with Crippen molar-refractivity contribution in [1.82, 2.24) is 14.6 Å². The third-order valence-electron chi connectivity index (χ3n) is 4.18. The molecule has 0 amide bonds. The van der Waals surface area contributed by atoms with Crippen molar-refractivity contribution in [2.75, 3.05) is 0 Å². The first kappa shape index (κ1) is 14.6. The molecule has 0 N–H and O–H groups in total. The number of thiophene rings is 1. The van der Waals surface area contributed by atoms with E-state index in [1.165, 1.54) is 15.9 Å². The number of benzene rings is 2. The molecule has 3 heterocycles. The molecule has 6 heteroatoms. The monoisotopic (exact) mass is 363 g/mol. The molecule has 0 radical (unpaired) electrons. The van der Waals surface area contributed by atoms with Crippen molar-refractivity contribution in [2.45, 2.75) is 0 Å². The Morgan fingerprint density at radius 2 is 1.64 bits per heavy atom. The van der Waals surface area contributed by atoms with E-state index in [0.29, 0.717) is 21.0 Å². The molecule has 0 atom stereocenters. The second-order valence-corrected chi connectivity index (χ2v) is 7.07. The second-order valence-electron chi connectivity index (χ2n) is 5.68. The molecular weight excluding hydrogens is 354 g/mol. The van der Waals surface area contributed by atoms with Crippen LogP contribution in [0, 0.1) is 0 Å². The van der Waals surface area contributed by atoms with E-state index in [1.54, 1.807) is 0 Å². The Balaban J connectivity index is 1.92. The summed E-state index contributed by atoms with van der Waals surface area (Å²) in [6.45, 7) is 0. The highest BCUT2D eigenvalue weighted by Gasteiger charge is 2.15. The van der Waals surface area contributed by atoms with E-state index in [2.05, 4.69) is 5.10 Å². The first-order valence-corrected chi connectivity index (χ1v) is 8.88. The van der Waals surface area contributed by atoms with Crippen molar-refractivity contribution in [3.8, 4) is 10.4 Å². The SMILES string of the molecule is O=c1c2cc(-c3ccccc3)sc2nc2c3ccccc3c(Cl)nn12. The minimum absolute atomic E-state index is 0.203. The number of rotatable bonds is 1. The molecule has 0 saturated carbocycles. The summed E-state index contributed by atoms with van der Waals surface area (Å²) >= 11 is 7.77. The second kappa shape index (κ2) is 5.37. The van der Waals surface area contributed by atoms with Crippen LogP contribution in [0.15, 0.2) is 65.5 Å². The summed E-state index contributed by atoms with van der Waals surface area (Å²) < 4.78 is 1.30. The van der Waals surface area contributed by atoms with Crippen LogP contribution in [0.5, 0.6) is 0 Å². The Hall–Kier alpha value is -2.76. The van der Waals surface area contributed by atoms with Crippen LogP contribution in [0.3, 0.4) is 0 Å². The van der Waals surface area contributed by atoms with Crippen LogP contribution in [0.4, 0.5) is 0 Å². The fourth-order valence-corrected chi connectivity index (χ4v) is 4.25. The standard InChI is InChI=1S/C19H10ClN3OS/c20-16-12-8-4-5-9-13(12)17-21-18-14(19(24)23(17)22-16)10-15(25-18)11-6-2-1-3-7-11/h1-10H. The first-order chi connectivity index (χ1) is 12.2. The van der Waals surface area contributed by atoms with Crippen molar-refractivity contribution in [1.29, 1.82) is 0 Å². The fraction of sp³-hybridized carbons (Fsp3) is 0. The third kappa shape index (κ3) is 2.17. The van der Waals surface area contributed by atoms with E-state index in [0.717, 1.165) is 21.2 Å². The zero-order chi connectivity index (χ0) is 17.0. The van der Waals surface area contributed by atoms with Gasteiger partial charge in [0.05, 0.1) is 5.39 Å². The number of nitrogens with zero attached hydrogens (tertiary/aromatic N) is 3. The normalized spacial score (nSPS) is 11.6. The lowest BCUT2D eigenvalue weighted by Crippen LogP contribution is -2.17. The lowest BCUT2D eigenvalue weighted by Gasteiger charge is -2.05. The predicted molar refractivity (Wildman–Crippen MR) is 103 cm³/mol. The van der Waals surface area contributed by atoms with Crippen LogP contribution in [0.1, 0.15) is 0 Å². The number of halogens is 1. The van der Waals surface area contributed by atoms with E-state index < -0.39 is 0 Å². The van der Waals surface area contributed by atoms with Crippen molar-refractivity contribution in [3.63, 3.8) is 0 Å². The van der Waals surface area contributed by atoms with Gasteiger partial charge in [-0.2, -0.15) is 9.61 Å². The van der Waals surface area contributed by atoms with Gasteiger partial charge in [0.25, 0.3) is 5.56 Å². The van der Waals surface area contributed by atoms with Gasteiger partial charge in [-0.05, 0) is 11.6 Å². The van der Waals surface area contributed by atoms with Gasteiger partial charge in [-0.1, -0.05) is 66.2 Å². The largest absolute Gasteiger partial charge is 0.283 e. The number of aromatic nitrogens is 3. The molecule has 0 bridgehead atoms. The van der Waals surface area contributed by atoms with Crippen LogP contribution >= 0.6 is 22.9 Å². The zero-order valence-corrected chi connectivity index (χ0v) is 14.4. The van der Waals surface area contributed by atoms with Gasteiger partial charge in [-0.15, -0.1) is 11.3 Å². The molecule has 3 aromatic heterocycles. The molecule has 0 spiro atoms. The van der Waals surface area contributed by atoms with Gasteiger partial charge in [0, 0.05) is 15.6 Å². The molecule has 0 fully saturated rings. The Bertz CT molecular complexity index is 1330. The summed E-state index contributed by atoms with van der Waals surface area (Å²) in [5.74, 6) is 0. The summed E-state index contributed by atoms with van der Waals surface area (Å²) in [4.78, 5) is 19.4. The number of hydrogen-bond acceptors (Lipinski definition) is 4. The molecule has 4 nitrogen and oxygen atoms in total. The minimum Gasteiger partial charge on any atom is -0.267 e. The van der Waals surface area contributed by atoms with Crippen molar-refractivity contribution in [3.05, 3.63) is 76.2 Å². The Kier molecular flexibility index (Phi) is 3.13. The molecule has 0 aliphatic rings. The van der Waals surface area contributed by atoms with Gasteiger partial charge in [0.2, 0.25) is 0 Å². The summed E-state index contributed by atoms with van der Waals surface area (Å²) in [5, 5.41) is 6.70. The van der Waals surface area contributed by atoms with Crippen molar-refractivity contribution < 1.29 is 0 Å². The van der Waals surface area contributed by atoms with E-state index in [9.17, 15) is 4.79 Å². The highest BCUT2D eigenvalue weighted by molar-refractivity contribution is 7.21. The van der Waals surface area contributed by atoms with Gasteiger partial charge >= 0.3 is 0 Å². The molecule has 0 unspecified atom stereocenters. The smallest absolute Gasteiger partial charge is 0.267 e. The van der Waals surface area contributed by atoms with Gasteiger partial charge in [0.15, 0.2) is 10.8 Å². The topological polar surface area (TPSA) is 47.3 Å². The Morgan fingerprint density at radius 1 is 0.920 bits per heavy atom. The number of fused-ring (bicyclic) bond motifs is 4. The van der Waals surface area contributed by atoms with Gasteiger partial charge in [-0.25, -0.2) is 4.98 Å². The molecule has 25 heavy (non-hydrogen) atoms. The molecule has 120 valence electrons. The van der Waals surface area contributed by atoms with Gasteiger partial charge in [0.1, 0.15) is 4.83 Å². The molecular formula is C19H10ClN3OS. The van der Waals surface area contributed by atoms with Crippen molar-refractivity contribution >= 4 is 49.6 Å². The summed E-state index contributed by atoms with van der Waals surface area (Å²) in [6.07, 6.45) is 0. The van der Waals surface area contributed by atoms with E-state index in [4.69, 9.17) is 16.6 Å². The van der Waals surface area contributed by atoms with Gasteiger partial charge < -0.3 is 0 Å². The quantitative estimate of drug-likeness (QED) is 0.403. The number of hydrogen-bond donors (Lipinski definition) is 0. The molecule has 5 rings (SSSR count). The van der Waals surface area contributed by atoms with Crippen LogP contribution in [0.25, 0.3) is 37.1 Å². The highest BCUT2D eigenvalue weighted by atomic mass is 35.5. The highest BCUT2D eigenvalue weighted by Crippen LogP contribution is 2.32. The van der Waals surface area contributed by atoms with Crippen LogP contribution in [0.2, 0.25) is 5.15 Å². The van der Waals surface area contributed by atoms with Crippen LogP contribution in [-0.2, 0) is 0 Å². The third-order valence-corrected chi connectivity index (χ3v) is 5.54. The molecule has 5 aromatic rings. The summed E-state index contributed by atoms with van der Waals surface area (Å²) in [7, 11) is 0. The lowest BCUT2D eigenvalue weighted by atomic mass is 10.2. The van der Waals surface area contributed by atoms with E-state index >= 15 is 0 Å². The summed E-state index contributed by atoms with van der Waals surface area (Å²) in [5.41, 5.74) is 1.39. The zero-order valence-electron chi connectivity index (χ0n) is 12.8. The average Bonchev–Trinajstić information content (AvgIpc) is 3.09. The molecule has 0 saturated heterocycles. The Labute approximate surface area is 150 Å².